The Kier molecular flexibility index (Phi) is 9.09. The zero-order valence-electron chi connectivity index (χ0n) is 20.7. The Morgan fingerprint density at radius 2 is 0.707 bits per heavy atom. The van der Waals surface area contributed by atoms with Crippen LogP contribution in [0.2, 0.25) is 0 Å². The SMILES string of the molecule is N#[N+]c1cccc2c1C(=O)c1ccccc1C2=O.N#[N+]c1cccc2c1C(=O)c1ccccc1C2=O.[Cl][Zn-2]([Cl])([Cl])[Cl]. The van der Waals surface area contributed by atoms with Gasteiger partial charge in [0.15, 0.2) is 21.5 Å². The van der Waals surface area contributed by atoms with Crippen LogP contribution in [0.3, 0.4) is 0 Å². The van der Waals surface area contributed by atoms with Crippen molar-refractivity contribution in [2.45, 2.75) is 0 Å². The van der Waals surface area contributed by atoms with Crippen LogP contribution >= 0.6 is 38.8 Å². The Balaban J connectivity index is 0.000000163. The molecule has 0 spiro atoms. The van der Waals surface area contributed by atoms with Crippen molar-refractivity contribution in [3.05, 3.63) is 139 Å². The number of hydrogen-bond acceptors (Lipinski definition) is 6. The molecule has 0 atom stereocenters. The molecule has 0 aliphatic heterocycles. The van der Waals surface area contributed by atoms with Crippen LogP contribution < -0.4 is 0 Å². The van der Waals surface area contributed by atoms with Gasteiger partial charge in [0.05, 0.1) is 0 Å². The second-order valence-corrected chi connectivity index (χ2v) is 36.4. The zero-order valence-corrected chi connectivity index (χ0v) is 26.7. The Morgan fingerprint density at radius 3 is 1.00 bits per heavy atom. The van der Waals surface area contributed by atoms with Crippen molar-refractivity contribution in [3.63, 3.8) is 0 Å². The number of halogens is 4. The number of hydrogen-bond donors (Lipinski definition) is 0. The molecule has 200 valence electrons. The van der Waals surface area contributed by atoms with Crippen LogP contribution in [-0.4, -0.2) is 23.1 Å². The first kappa shape index (κ1) is 30.1. The third-order valence-corrected chi connectivity index (χ3v) is 6.08. The van der Waals surface area contributed by atoms with E-state index >= 15 is 0 Å². The molecule has 0 heterocycles. The average Bonchev–Trinajstić information content (AvgIpc) is 2.97. The fourth-order valence-electron chi connectivity index (χ4n) is 4.42. The first-order valence-corrected chi connectivity index (χ1v) is 27.5. The van der Waals surface area contributed by atoms with Crippen molar-refractivity contribution in [2.24, 2.45) is 0 Å². The topological polar surface area (TPSA) is 125 Å². The molecule has 2 aliphatic rings. The van der Waals surface area contributed by atoms with E-state index in [2.05, 4.69) is 9.95 Å². The minimum absolute atomic E-state index is 0.125. The van der Waals surface area contributed by atoms with E-state index in [0.29, 0.717) is 22.3 Å². The molecule has 0 aromatic heterocycles. The van der Waals surface area contributed by atoms with Crippen molar-refractivity contribution in [1.82, 2.24) is 0 Å². The summed E-state index contributed by atoms with van der Waals surface area (Å²) < 4.78 is 0. The molecule has 0 N–H and O–H groups in total. The molecule has 0 radical (unpaired) electrons. The van der Waals surface area contributed by atoms with Gasteiger partial charge < -0.3 is 0 Å². The van der Waals surface area contributed by atoms with E-state index in [1.54, 1.807) is 72.8 Å². The summed E-state index contributed by atoms with van der Waals surface area (Å²) in [5.41, 5.74) is 2.66. The van der Waals surface area contributed by atoms with Crippen LogP contribution in [0.25, 0.3) is 9.95 Å². The van der Waals surface area contributed by atoms with E-state index in [1.165, 1.54) is 12.1 Å². The Labute approximate surface area is 252 Å². The van der Waals surface area contributed by atoms with E-state index in [9.17, 15) is 19.2 Å². The molecule has 0 amide bonds. The normalized spacial score (nSPS) is 12.5. The van der Waals surface area contributed by atoms with Crippen LogP contribution in [-0.2, 0) is 10.8 Å². The van der Waals surface area contributed by atoms with Gasteiger partial charge in [-0.15, -0.1) is 0 Å². The van der Waals surface area contributed by atoms with Crippen LogP contribution in [0.4, 0.5) is 11.4 Å². The monoisotopic (exact) mass is 674 g/mol. The van der Waals surface area contributed by atoms with E-state index in [4.69, 9.17) is 49.5 Å². The van der Waals surface area contributed by atoms with Gasteiger partial charge in [-0.3, -0.25) is 19.2 Å². The molecule has 0 saturated carbocycles. The summed E-state index contributed by atoms with van der Waals surface area (Å²) in [5, 5.41) is 17.8. The predicted octanol–water partition coefficient (Wildman–Crippen LogP) is 8.65. The summed E-state index contributed by atoms with van der Waals surface area (Å²) in [5.74, 6) is -1.00. The number of carbonyl (C=O) groups excluding carboxylic acids is 4. The van der Waals surface area contributed by atoms with Crippen LogP contribution in [0.1, 0.15) is 63.7 Å². The first-order valence-electron chi connectivity index (χ1n) is 11.9. The van der Waals surface area contributed by atoms with Gasteiger partial charge in [0.1, 0.15) is 11.1 Å². The van der Waals surface area contributed by atoms with Gasteiger partial charge in [-0.25, -0.2) is 0 Å². The van der Waals surface area contributed by atoms with Crippen LogP contribution in [0.5, 0.6) is 0 Å². The van der Waals surface area contributed by atoms with E-state index in [0.717, 1.165) is 0 Å². The third kappa shape index (κ3) is 6.26. The summed E-state index contributed by atoms with van der Waals surface area (Å²) in [6, 6.07) is 22.6. The molecule has 0 saturated heterocycles. The van der Waals surface area contributed by atoms with Gasteiger partial charge in [0.25, 0.3) is 0 Å². The maximum absolute atomic E-state index is 12.3. The first-order chi connectivity index (χ1) is 19.5. The number of diazo groups is 2. The molecule has 6 rings (SSSR count). The Bertz CT molecular complexity index is 1720. The Morgan fingerprint density at radius 1 is 0.439 bits per heavy atom. The fraction of sp³-hybridized carbons (Fsp3) is 0. The molecule has 41 heavy (non-hydrogen) atoms. The number of fused-ring (bicyclic) bond motifs is 4. The number of nitrogens with zero attached hydrogens (tertiary/aromatic N) is 4. The van der Waals surface area contributed by atoms with Crippen molar-refractivity contribution >= 4 is 73.3 Å². The van der Waals surface area contributed by atoms with Crippen LogP contribution in [0, 0.1) is 10.8 Å². The van der Waals surface area contributed by atoms with Gasteiger partial charge in [-0.05, 0) is 12.1 Å². The number of benzene rings is 4. The number of ketones is 4. The molecule has 4 aromatic rings. The number of carbonyl (C=O) groups is 4. The fourth-order valence-corrected chi connectivity index (χ4v) is 4.42. The second kappa shape index (κ2) is 12.4. The molecule has 2 aliphatic carbocycles. The molecule has 8 nitrogen and oxygen atoms in total. The molecule has 0 bridgehead atoms. The van der Waals surface area contributed by atoms with Crippen molar-refractivity contribution in [3.8, 4) is 0 Å². The quantitative estimate of drug-likeness (QED) is 0.117. The summed E-state index contributed by atoms with van der Waals surface area (Å²) in [7, 11) is 16.8. The van der Waals surface area contributed by atoms with Gasteiger partial charge in [0.2, 0.25) is 22.4 Å². The maximum atomic E-state index is 12.3. The van der Waals surface area contributed by atoms with Crippen molar-refractivity contribution in [1.29, 1.82) is 10.8 Å². The summed E-state index contributed by atoms with van der Waals surface area (Å²) in [6.45, 7) is 0. The molecule has 0 unspecified atom stereocenters. The van der Waals surface area contributed by atoms with Gasteiger partial charge in [0, 0.05) is 45.5 Å². The summed E-state index contributed by atoms with van der Waals surface area (Å²) in [6.07, 6.45) is 0. The van der Waals surface area contributed by atoms with Crippen molar-refractivity contribution < 1.29 is 30.0 Å². The average molecular weight is 678 g/mol. The summed E-state index contributed by atoms with van der Waals surface area (Å²) >= 11 is 0. The Hall–Kier alpha value is -3.82. The molecular formula is C28H14Cl4N4O4Zn. The van der Waals surface area contributed by atoms with E-state index in [1.807, 2.05) is 0 Å². The minimum atomic E-state index is -3.36. The van der Waals surface area contributed by atoms with Gasteiger partial charge >= 0.3 is 61.0 Å². The second-order valence-electron chi connectivity index (χ2n) is 8.61. The summed E-state index contributed by atoms with van der Waals surface area (Å²) in [4.78, 5) is 55.2. The number of rotatable bonds is 0. The molecule has 4 aromatic carbocycles. The predicted molar refractivity (Wildman–Crippen MR) is 152 cm³/mol. The standard InChI is InChI=1S/2C14H7N2O2.4ClH.Zn/c2*15-16-11-7-3-6-10-12(11)14(18)9-5-2-1-4-8(9)13(10)17;;;;;/h2*1-7H;4*1H;/q2*+1;;;;;+2/p-4. The van der Waals surface area contributed by atoms with Crippen LogP contribution in [0.15, 0.2) is 84.9 Å². The molecule has 13 heteroatoms. The molecular weight excluding hydrogens is 664 g/mol. The third-order valence-electron chi connectivity index (χ3n) is 6.08. The van der Waals surface area contributed by atoms with E-state index in [-0.39, 0.29) is 56.8 Å². The molecule has 0 fully saturated rings. The van der Waals surface area contributed by atoms with Gasteiger partial charge in [-0.1, -0.05) is 60.7 Å². The van der Waals surface area contributed by atoms with Crippen molar-refractivity contribution in [2.75, 3.05) is 0 Å². The van der Waals surface area contributed by atoms with E-state index < -0.39 is 10.8 Å². The van der Waals surface area contributed by atoms with Gasteiger partial charge in [-0.2, -0.15) is 0 Å². The zero-order chi connectivity index (χ0) is 29.9.